The molecule has 0 aliphatic carbocycles. The summed E-state index contributed by atoms with van der Waals surface area (Å²) in [7, 11) is 0. The van der Waals surface area contributed by atoms with Gasteiger partial charge in [0.05, 0.1) is 26.4 Å². The van der Waals surface area contributed by atoms with Gasteiger partial charge < -0.3 is 19.3 Å². The van der Waals surface area contributed by atoms with Crippen molar-refractivity contribution < 1.29 is 9.47 Å². The highest BCUT2D eigenvalue weighted by molar-refractivity contribution is 7.11. The minimum atomic E-state index is 0.340. The first kappa shape index (κ1) is 18.3. The fraction of sp³-hybridized carbons (Fsp3) is 0.571. The number of hydrogen-bond acceptors (Lipinski definition) is 10. The molecule has 2 aliphatic heterocycles. The fourth-order valence-corrected chi connectivity index (χ4v) is 4.86. The zero-order valence-electron chi connectivity index (χ0n) is 13.7. The topological polar surface area (TPSA) is 75.4 Å². The lowest BCUT2D eigenvalue weighted by atomic mass is 10.4. The van der Waals surface area contributed by atoms with Crippen molar-refractivity contribution in [1.82, 2.24) is 8.75 Å². The van der Waals surface area contributed by atoms with E-state index in [1.165, 1.54) is 23.1 Å². The number of hydrogen-bond donors (Lipinski definition) is 0. The summed E-state index contributed by atoms with van der Waals surface area (Å²) in [5, 5.41) is 11.2. The van der Waals surface area contributed by atoms with E-state index in [-0.39, 0.29) is 0 Å². The van der Waals surface area contributed by atoms with Gasteiger partial charge in [-0.15, -0.1) is 10.2 Å². The number of ether oxygens (including phenoxy) is 2. The van der Waals surface area contributed by atoms with Gasteiger partial charge in [-0.2, -0.15) is 8.75 Å². The molecular formula is C14H16Cl2N6O2S2. The van der Waals surface area contributed by atoms with Crippen molar-refractivity contribution >= 4 is 67.6 Å². The normalized spacial score (nSPS) is 18.8. The molecule has 0 aromatic carbocycles. The Balaban J connectivity index is 1.61. The number of aromatic nitrogens is 2. The lowest BCUT2D eigenvalue weighted by molar-refractivity contribution is 0.123. The van der Waals surface area contributed by atoms with E-state index in [1.54, 1.807) is 0 Å². The average Bonchev–Trinajstić information content (AvgIpc) is 3.24. The van der Waals surface area contributed by atoms with Gasteiger partial charge >= 0.3 is 0 Å². The van der Waals surface area contributed by atoms with Crippen LogP contribution in [0.5, 0.6) is 0 Å². The Bertz CT molecular complexity index is 722. The molecule has 0 atom stereocenters. The van der Waals surface area contributed by atoms with E-state index in [1.807, 2.05) is 0 Å². The molecule has 2 fully saturated rings. The largest absolute Gasteiger partial charge is 0.378 e. The Hall–Kier alpha value is -1.04. The third-order valence-electron chi connectivity index (χ3n) is 4.07. The van der Waals surface area contributed by atoms with Crippen molar-refractivity contribution in [3.63, 3.8) is 0 Å². The van der Waals surface area contributed by atoms with Crippen LogP contribution in [0.15, 0.2) is 10.2 Å². The smallest absolute Gasteiger partial charge is 0.172 e. The van der Waals surface area contributed by atoms with Gasteiger partial charge in [-0.05, 0) is 23.1 Å². The zero-order valence-corrected chi connectivity index (χ0v) is 16.9. The van der Waals surface area contributed by atoms with Gasteiger partial charge in [0.15, 0.2) is 21.7 Å². The Morgan fingerprint density at radius 3 is 1.50 bits per heavy atom. The summed E-state index contributed by atoms with van der Waals surface area (Å²) in [6, 6.07) is 0. The number of azo groups is 1. The third-order valence-corrected chi connectivity index (χ3v) is 6.59. The summed E-state index contributed by atoms with van der Waals surface area (Å²) in [6.45, 7) is 5.81. The molecule has 0 radical (unpaired) electrons. The zero-order chi connectivity index (χ0) is 17.9. The molecule has 0 N–H and O–H groups in total. The first-order valence-corrected chi connectivity index (χ1v) is 10.4. The van der Waals surface area contributed by atoms with Crippen LogP contribution in [0, 0.1) is 0 Å². The van der Waals surface area contributed by atoms with Crippen LogP contribution in [0.4, 0.5) is 21.4 Å². The van der Waals surface area contributed by atoms with Gasteiger partial charge in [0, 0.05) is 26.2 Å². The van der Waals surface area contributed by atoms with Crippen LogP contribution >= 0.6 is 46.3 Å². The number of morpholine rings is 2. The Morgan fingerprint density at radius 1 is 0.731 bits per heavy atom. The number of nitrogens with zero attached hydrogens (tertiary/aromatic N) is 6. The lowest BCUT2D eigenvalue weighted by Gasteiger charge is -2.27. The minimum Gasteiger partial charge on any atom is -0.378 e. The van der Waals surface area contributed by atoms with E-state index >= 15 is 0 Å². The summed E-state index contributed by atoms with van der Waals surface area (Å²) < 4.78 is 19.3. The van der Waals surface area contributed by atoms with Crippen LogP contribution in [0.25, 0.3) is 0 Å². The van der Waals surface area contributed by atoms with Gasteiger partial charge in [-0.1, -0.05) is 23.2 Å². The molecule has 12 heteroatoms. The van der Waals surface area contributed by atoms with Crippen molar-refractivity contribution in [2.24, 2.45) is 10.2 Å². The second-order valence-electron chi connectivity index (χ2n) is 5.65. The lowest BCUT2D eigenvalue weighted by Crippen LogP contribution is -2.35. The van der Waals surface area contributed by atoms with Crippen LogP contribution in [0.2, 0.25) is 10.3 Å². The maximum absolute atomic E-state index is 6.25. The minimum absolute atomic E-state index is 0.340. The SMILES string of the molecule is Clc1nsc(N2CCOCC2)c1N=Nc1c(Cl)nsc1N1CCOCC1. The number of halogens is 2. The standard InChI is InChI=1S/C14H16Cl2N6O2S2/c15-11-9(13(25-19-11)21-1-5-23-6-2-21)17-18-10-12(16)20-26-14(10)22-3-7-24-8-4-22/h1-8H2. The first-order valence-electron chi connectivity index (χ1n) is 8.11. The summed E-state index contributed by atoms with van der Waals surface area (Å²) in [6.07, 6.45) is 0. The molecule has 26 heavy (non-hydrogen) atoms. The maximum Gasteiger partial charge on any atom is 0.172 e. The van der Waals surface area contributed by atoms with Crippen molar-refractivity contribution in [3.05, 3.63) is 10.3 Å². The molecule has 2 aliphatic rings. The van der Waals surface area contributed by atoms with Crippen LogP contribution < -0.4 is 9.80 Å². The second kappa shape index (κ2) is 8.32. The molecule has 0 spiro atoms. The molecule has 2 aromatic heterocycles. The van der Waals surface area contributed by atoms with Crippen molar-refractivity contribution in [3.8, 4) is 0 Å². The molecule has 4 rings (SSSR count). The average molecular weight is 435 g/mol. The Morgan fingerprint density at radius 2 is 1.12 bits per heavy atom. The first-order chi connectivity index (χ1) is 12.7. The van der Waals surface area contributed by atoms with Crippen molar-refractivity contribution in [2.75, 3.05) is 62.4 Å². The maximum atomic E-state index is 6.25. The van der Waals surface area contributed by atoms with E-state index in [9.17, 15) is 0 Å². The third kappa shape index (κ3) is 3.80. The summed E-state index contributed by atoms with van der Waals surface area (Å²) in [4.78, 5) is 4.33. The fourth-order valence-electron chi connectivity index (χ4n) is 2.73. The van der Waals surface area contributed by atoms with Gasteiger partial charge in [-0.25, -0.2) is 0 Å². The van der Waals surface area contributed by atoms with Gasteiger partial charge in [0.1, 0.15) is 10.0 Å². The number of rotatable bonds is 4. The molecule has 0 saturated carbocycles. The molecule has 0 unspecified atom stereocenters. The van der Waals surface area contributed by atoms with Crippen LogP contribution in [-0.4, -0.2) is 61.4 Å². The van der Waals surface area contributed by atoms with E-state index in [4.69, 9.17) is 32.7 Å². The van der Waals surface area contributed by atoms with Crippen molar-refractivity contribution in [2.45, 2.75) is 0 Å². The van der Waals surface area contributed by atoms with Crippen LogP contribution in [0.1, 0.15) is 0 Å². The highest BCUT2D eigenvalue weighted by atomic mass is 35.5. The van der Waals surface area contributed by atoms with E-state index < -0.39 is 0 Å². The number of anilines is 2. The van der Waals surface area contributed by atoms with Gasteiger partial charge in [0.2, 0.25) is 0 Å². The molecule has 2 saturated heterocycles. The molecule has 140 valence electrons. The highest BCUT2D eigenvalue weighted by Crippen LogP contribution is 2.44. The quantitative estimate of drug-likeness (QED) is 0.676. The van der Waals surface area contributed by atoms with Crippen LogP contribution in [0.3, 0.4) is 0 Å². The van der Waals surface area contributed by atoms with E-state index in [0.29, 0.717) is 48.1 Å². The molecule has 0 bridgehead atoms. The predicted octanol–water partition coefficient (Wildman–Crippen LogP) is 4.00. The second-order valence-corrected chi connectivity index (χ2v) is 7.87. The van der Waals surface area contributed by atoms with Gasteiger partial charge in [0.25, 0.3) is 0 Å². The Kier molecular flexibility index (Phi) is 5.87. The summed E-state index contributed by atoms with van der Waals surface area (Å²) in [5.74, 6) is 0. The monoisotopic (exact) mass is 434 g/mol. The molecular weight excluding hydrogens is 419 g/mol. The van der Waals surface area contributed by atoms with Gasteiger partial charge in [-0.3, -0.25) is 0 Å². The molecule has 4 heterocycles. The molecule has 2 aromatic rings. The summed E-state index contributed by atoms with van der Waals surface area (Å²) >= 11 is 15.1. The molecule has 0 amide bonds. The van der Waals surface area contributed by atoms with E-state index in [2.05, 4.69) is 28.8 Å². The summed E-state index contributed by atoms with van der Waals surface area (Å²) in [5.41, 5.74) is 1.13. The predicted molar refractivity (Wildman–Crippen MR) is 104 cm³/mol. The molecule has 8 nitrogen and oxygen atoms in total. The Labute approximate surface area is 168 Å². The van der Waals surface area contributed by atoms with E-state index in [0.717, 1.165) is 36.2 Å². The highest BCUT2D eigenvalue weighted by Gasteiger charge is 2.23. The van der Waals surface area contributed by atoms with Crippen LogP contribution in [-0.2, 0) is 9.47 Å². The van der Waals surface area contributed by atoms with Crippen molar-refractivity contribution in [1.29, 1.82) is 0 Å².